The summed E-state index contributed by atoms with van der Waals surface area (Å²) in [6.45, 7) is 6.21. The Kier molecular flexibility index (Phi) is 4.70. The highest BCUT2D eigenvalue weighted by Gasteiger charge is 2.34. The van der Waals surface area contributed by atoms with Crippen LogP contribution in [0.1, 0.15) is 13.8 Å². The first-order valence-electron chi connectivity index (χ1n) is 6.34. The van der Waals surface area contributed by atoms with Crippen LogP contribution < -0.4 is 11.1 Å². The molecule has 1 saturated heterocycles. The van der Waals surface area contributed by atoms with Crippen molar-refractivity contribution in [1.29, 1.82) is 0 Å². The van der Waals surface area contributed by atoms with E-state index in [1.165, 1.54) is 0 Å². The van der Waals surface area contributed by atoms with Crippen LogP contribution in [0.4, 0.5) is 0 Å². The Morgan fingerprint density at radius 3 is 2.33 bits per heavy atom. The van der Waals surface area contributed by atoms with Gasteiger partial charge in [0.25, 0.3) is 11.8 Å². The van der Waals surface area contributed by atoms with Gasteiger partial charge in [-0.3, -0.25) is 9.59 Å². The van der Waals surface area contributed by atoms with Crippen LogP contribution in [0.15, 0.2) is 0 Å². The van der Waals surface area contributed by atoms with Crippen molar-refractivity contribution in [2.24, 2.45) is 5.73 Å². The van der Waals surface area contributed by atoms with Crippen LogP contribution in [-0.4, -0.2) is 73.6 Å². The Balaban J connectivity index is 2.33. The van der Waals surface area contributed by atoms with E-state index >= 15 is 0 Å². The van der Waals surface area contributed by atoms with Crippen molar-refractivity contribution in [3.63, 3.8) is 0 Å². The number of nitrogens with zero attached hydrogens (tertiary/aromatic N) is 2. The van der Waals surface area contributed by atoms with Gasteiger partial charge in [-0.25, -0.2) is 0 Å². The van der Waals surface area contributed by atoms with Gasteiger partial charge < -0.3 is 20.4 Å². The smallest absolute Gasteiger partial charge is 0.277 e. The molecule has 0 spiro atoms. The maximum Gasteiger partial charge on any atom is 0.277 e. The van der Waals surface area contributed by atoms with Gasteiger partial charge in [0.2, 0.25) is 0 Å². The average molecular weight is 257 g/mol. The monoisotopic (exact) mass is 257 g/mol. The third-order valence-electron chi connectivity index (χ3n) is 2.95. The molecular formula is C12H25N4O2+. The van der Waals surface area contributed by atoms with Crippen LogP contribution in [0.3, 0.4) is 0 Å². The van der Waals surface area contributed by atoms with E-state index in [1.807, 2.05) is 19.0 Å². The Morgan fingerprint density at radius 1 is 1.33 bits per heavy atom. The molecule has 1 aliphatic rings. The largest absolute Gasteiger partial charge is 0.365 e. The molecule has 0 bridgehead atoms. The molecule has 3 N–H and O–H groups in total. The van der Waals surface area contributed by atoms with E-state index in [0.29, 0.717) is 23.1 Å². The first-order chi connectivity index (χ1) is 8.19. The number of hydrogen-bond donors (Lipinski definition) is 2. The second-order valence-electron chi connectivity index (χ2n) is 6.04. The molecule has 2 amide bonds. The zero-order valence-electron chi connectivity index (χ0n) is 11.8. The third-order valence-corrected chi connectivity index (χ3v) is 2.95. The fourth-order valence-electron chi connectivity index (χ4n) is 2.20. The Labute approximate surface area is 109 Å². The van der Waals surface area contributed by atoms with Gasteiger partial charge in [-0.2, -0.15) is 0 Å². The maximum absolute atomic E-state index is 12.0. The highest BCUT2D eigenvalue weighted by atomic mass is 16.2. The van der Waals surface area contributed by atoms with E-state index in [-0.39, 0.29) is 18.4 Å². The molecule has 0 aromatic heterocycles. The second-order valence-corrected chi connectivity index (χ2v) is 6.04. The lowest BCUT2D eigenvalue weighted by molar-refractivity contribution is -0.874. The summed E-state index contributed by atoms with van der Waals surface area (Å²) in [5.41, 5.74) is 5.16. The number of nitrogens with one attached hydrogen (secondary N) is 1. The molecule has 0 unspecified atom stereocenters. The molecule has 104 valence electrons. The molecule has 6 nitrogen and oxygen atoms in total. The third kappa shape index (κ3) is 4.62. The summed E-state index contributed by atoms with van der Waals surface area (Å²) in [5.74, 6) is -0.293. The second kappa shape index (κ2) is 5.67. The Hall–Kier alpha value is -1.14. The molecule has 0 aromatic rings. The number of likely N-dealkylation sites (tertiary alicyclic amines) is 1. The number of likely N-dealkylation sites (N-methyl/N-ethyl adjacent to an activating group) is 1. The van der Waals surface area contributed by atoms with E-state index in [4.69, 9.17) is 5.73 Å². The number of hydrogen-bond acceptors (Lipinski definition) is 3. The highest BCUT2D eigenvalue weighted by Crippen LogP contribution is 2.10. The predicted octanol–water partition coefficient (Wildman–Crippen LogP) is -1.24. The zero-order valence-corrected chi connectivity index (χ0v) is 11.8. The molecule has 0 saturated carbocycles. The normalized spacial score (nSPS) is 16.8. The standard InChI is InChI=1S/C12H24N4O2/c1-9(2)14-10-5-15(6-10)12(18)8-16(3,4)7-11(13)17/h9-10,14H,5-8H2,1-4H3,(H-,13,17)/p+1. The molecule has 1 heterocycles. The Morgan fingerprint density at radius 2 is 1.89 bits per heavy atom. The average Bonchev–Trinajstić information content (AvgIpc) is 2.06. The number of quaternary nitrogens is 1. The number of rotatable bonds is 6. The SMILES string of the molecule is CC(C)NC1CN(C(=O)C[N+](C)(C)CC(N)=O)C1. The fourth-order valence-corrected chi connectivity index (χ4v) is 2.20. The highest BCUT2D eigenvalue weighted by molar-refractivity contribution is 5.79. The van der Waals surface area contributed by atoms with Gasteiger partial charge in [-0.1, -0.05) is 13.8 Å². The van der Waals surface area contributed by atoms with Gasteiger partial charge in [-0.15, -0.1) is 0 Å². The first kappa shape index (κ1) is 14.9. The summed E-state index contributed by atoms with van der Waals surface area (Å²) < 4.78 is 0.312. The van der Waals surface area contributed by atoms with Gasteiger partial charge in [0.05, 0.1) is 14.1 Å². The van der Waals surface area contributed by atoms with Crippen LogP contribution >= 0.6 is 0 Å². The van der Waals surface area contributed by atoms with Gasteiger partial charge in [0.1, 0.15) is 0 Å². The molecule has 0 radical (unpaired) electrons. The summed E-state index contributed by atoms with van der Waals surface area (Å²) in [6.07, 6.45) is 0. The van der Waals surface area contributed by atoms with E-state index in [1.54, 1.807) is 0 Å². The van der Waals surface area contributed by atoms with E-state index < -0.39 is 0 Å². The molecular weight excluding hydrogens is 232 g/mol. The van der Waals surface area contributed by atoms with Crippen LogP contribution in [0.25, 0.3) is 0 Å². The quantitative estimate of drug-likeness (QED) is 0.584. The molecule has 0 atom stereocenters. The van der Waals surface area contributed by atoms with E-state index in [2.05, 4.69) is 19.2 Å². The fraction of sp³-hybridized carbons (Fsp3) is 0.833. The number of primary amides is 1. The molecule has 0 aromatic carbocycles. The maximum atomic E-state index is 12.0. The molecule has 1 aliphatic heterocycles. The van der Waals surface area contributed by atoms with E-state index in [0.717, 1.165) is 13.1 Å². The molecule has 0 aliphatic carbocycles. The minimum absolute atomic E-state index is 0.0862. The van der Waals surface area contributed by atoms with Crippen molar-refractivity contribution in [3.05, 3.63) is 0 Å². The summed E-state index contributed by atoms with van der Waals surface area (Å²) >= 11 is 0. The number of carbonyl (C=O) groups is 2. The lowest BCUT2D eigenvalue weighted by Gasteiger charge is -2.42. The van der Waals surface area contributed by atoms with E-state index in [9.17, 15) is 9.59 Å². The summed E-state index contributed by atoms with van der Waals surface area (Å²) in [7, 11) is 3.68. The van der Waals surface area contributed by atoms with Crippen LogP contribution in [0.2, 0.25) is 0 Å². The van der Waals surface area contributed by atoms with Crippen LogP contribution in [0, 0.1) is 0 Å². The Bertz CT molecular complexity index is 322. The summed E-state index contributed by atoms with van der Waals surface area (Å²) in [6, 6.07) is 0.843. The first-order valence-corrected chi connectivity index (χ1v) is 6.34. The van der Waals surface area contributed by atoms with Crippen molar-refractivity contribution < 1.29 is 14.1 Å². The zero-order chi connectivity index (χ0) is 13.9. The van der Waals surface area contributed by atoms with Gasteiger partial charge in [0, 0.05) is 25.2 Å². The number of carbonyl (C=O) groups excluding carboxylic acids is 2. The molecule has 18 heavy (non-hydrogen) atoms. The molecule has 1 fully saturated rings. The van der Waals surface area contributed by atoms with Crippen LogP contribution in [-0.2, 0) is 9.59 Å². The van der Waals surface area contributed by atoms with Crippen molar-refractivity contribution in [2.75, 3.05) is 40.3 Å². The minimum atomic E-state index is -0.379. The number of nitrogens with two attached hydrogens (primary N) is 1. The van der Waals surface area contributed by atoms with Crippen molar-refractivity contribution >= 4 is 11.8 Å². The minimum Gasteiger partial charge on any atom is -0.365 e. The lowest BCUT2D eigenvalue weighted by atomic mass is 10.1. The molecule has 6 heteroatoms. The number of amides is 2. The van der Waals surface area contributed by atoms with Crippen LogP contribution in [0.5, 0.6) is 0 Å². The van der Waals surface area contributed by atoms with Gasteiger partial charge >= 0.3 is 0 Å². The summed E-state index contributed by atoms with van der Waals surface area (Å²) in [5, 5.41) is 3.39. The predicted molar refractivity (Wildman–Crippen MR) is 69.7 cm³/mol. The van der Waals surface area contributed by atoms with Gasteiger partial charge in [-0.05, 0) is 0 Å². The van der Waals surface area contributed by atoms with Gasteiger partial charge in [0.15, 0.2) is 13.1 Å². The molecule has 1 rings (SSSR count). The summed E-state index contributed by atoms with van der Waals surface area (Å²) in [4.78, 5) is 24.7. The van der Waals surface area contributed by atoms with Crippen molar-refractivity contribution in [2.45, 2.75) is 25.9 Å². The van der Waals surface area contributed by atoms with Crippen molar-refractivity contribution in [1.82, 2.24) is 10.2 Å². The topological polar surface area (TPSA) is 75.4 Å². The lowest BCUT2D eigenvalue weighted by Crippen LogP contribution is -2.63. The van der Waals surface area contributed by atoms with Crippen molar-refractivity contribution in [3.8, 4) is 0 Å².